The van der Waals surface area contributed by atoms with Crippen molar-refractivity contribution >= 4 is 5.91 Å². The lowest BCUT2D eigenvalue weighted by molar-refractivity contribution is -0.133. The number of carbonyl (C=O) groups is 1. The van der Waals surface area contributed by atoms with E-state index in [-0.39, 0.29) is 11.9 Å². The highest BCUT2D eigenvalue weighted by Crippen LogP contribution is 2.27. The molecule has 1 fully saturated rings. The van der Waals surface area contributed by atoms with Gasteiger partial charge in [0.05, 0.1) is 6.04 Å². The zero-order valence-electron chi connectivity index (χ0n) is 10.3. The Morgan fingerprint density at radius 3 is 2.41 bits per heavy atom. The van der Waals surface area contributed by atoms with E-state index in [2.05, 4.69) is 24.3 Å². The van der Waals surface area contributed by atoms with Gasteiger partial charge in [-0.15, -0.1) is 0 Å². The molecular formula is C14H20N2O. The van der Waals surface area contributed by atoms with Crippen molar-refractivity contribution in [1.82, 2.24) is 4.90 Å². The first-order valence-electron chi connectivity index (χ1n) is 6.28. The minimum absolute atomic E-state index is 0.0801. The highest BCUT2D eigenvalue weighted by atomic mass is 16.2. The van der Waals surface area contributed by atoms with Crippen LogP contribution in [0, 0.1) is 0 Å². The van der Waals surface area contributed by atoms with Gasteiger partial charge in [0.1, 0.15) is 0 Å². The monoisotopic (exact) mass is 232 g/mol. The lowest BCUT2D eigenvalue weighted by Crippen LogP contribution is -2.45. The number of likely N-dealkylation sites (tertiary alicyclic amines) is 1. The molecule has 1 atom stereocenters. The average Bonchev–Trinajstić information content (AvgIpc) is 2.39. The van der Waals surface area contributed by atoms with Gasteiger partial charge in [-0.25, -0.2) is 0 Å². The molecule has 1 amide bonds. The number of nitrogens with zero attached hydrogens (tertiary/aromatic N) is 1. The maximum Gasteiger partial charge on any atom is 0.239 e. The summed E-state index contributed by atoms with van der Waals surface area (Å²) in [5.41, 5.74) is 7.01. The number of hydrogen-bond donors (Lipinski definition) is 1. The Morgan fingerprint density at radius 1 is 1.29 bits per heavy atom. The summed E-state index contributed by atoms with van der Waals surface area (Å²) in [5, 5.41) is 0. The average molecular weight is 232 g/mol. The van der Waals surface area contributed by atoms with Crippen molar-refractivity contribution in [3.8, 4) is 0 Å². The Hall–Kier alpha value is -1.35. The van der Waals surface area contributed by atoms with Gasteiger partial charge in [-0.1, -0.05) is 30.3 Å². The van der Waals surface area contributed by atoms with E-state index in [1.165, 1.54) is 5.56 Å². The minimum atomic E-state index is -0.372. The second kappa shape index (κ2) is 5.32. The summed E-state index contributed by atoms with van der Waals surface area (Å²) in [6, 6.07) is 10.2. The van der Waals surface area contributed by atoms with Crippen LogP contribution < -0.4 is 5.73 Å². The number of hydrogen-bond acceptors (Lipinski definition) is 2. The molecule has 0 radical (unpaired) electrons. The quantitative estimate of drug-likeness (QED) is 0.844. The van der Waals surface area contributed by atoms with Crippen molar-refractivity contribution in [2.75, 3.05) is 13.1 Å². The fourth-order valence-electron chi connectivity index (χ4n) is 2.45. The van der Waals surface area contributed by atoms with Gasteiger partial charge in [-0.2, -0.15) is 0 Å². The number of rotatable bonds is 2. The van der Waals surface area contributed by atoms with E-state index in [1.54, 1.807) is 6.92 Å². The molecule has 17 heavy (non-hydrogen) atoms. The smallest absolute Gasteiger partial charge is 0.239 e. The van der Waals surface area contributed by atoms with Crippen molar-refractivity contribution in [3.63, 3.8) is 0 Å². The van der Waals surface area contributed by atoms with Gasteiger partial charge >= 0.3 is 0 Å². The second-order valence-electron chi connectivity index (χ2n) is 4.80. The minimum Gasteiger partial charge on any atom is -0.341 e. The first kappa shape index (κ1) is 12.1. The molecule has 1 aliphatic heterocycles. The van der Waals surface area contributed by atoms with Crippen molar-refractivity contribution in [3.05, 3.63) is 35.9 Å². The summed E-state index contributed by atoms with van der Waals surface area (Å²) in [5.74, 6) is 0.671. The standard InChI is InChI=1S/C14H20N2O/c1-11(15)14(17)16-9-7-13(8-10-16)12-5-3-2-4-6-12/h2-6,11,13H,7-10,15H2,1H3. The van der Waals surface area contributed by atoms with Crippen LogP contribution in [-0.2, 0) is 4.79 Å². The highest BCUT2D eigenvalue weighted by molar-refractivity contribution is 5.81. The van der Waals surface area contributed by atoms with Gasteiger partial charge in [0.15, 0.2) is 0 Å². The molecule has 1 aliphatic rings. The predicted octanol–water partition coefficient (Wildman–Crippen LogP) is 1.74. The summed E-state index contributed by atoms with van der Waals surface area (Å²) in [6.45, 7) is 3.42. The molecule has 0 spiro atoms. The molecule has 92 valence electrons. The van der Waals surface area contributed by atoms with E-state index in [9.17, 15) is 4.79 Å². The van der Waals surface area contributed by atoms with E-state index in [4.69, 9.17) is 5.73 Å². The third kappa shape index (κ3) is 2.86. The van der Waals surface area contributed by atoms with Gasteiger partial charge in [0.2, 0.25) is 5.91 Å². The molecule has 1 aromatic rings. The molecule has 3 heteroatoms. The number of nitrogens with two attached hydrogens (primary N) is 1. The van der Waals surface area contributed by atoms with Crippen molar-refractivity contribution in [2.24, 2.45) is 5.73 Å². The third-order valence-electron chi connectivity index (χ3n) is 3.47. The first-order valence-corrected chi connectivity index (χ1v) is 6.28. The maximum atomic E-state index is 11.7. The summed E-state index contributed by atoms with van der Waals surface area (Å²) in [6.07, 6.45) is 2.09. The van der Waals surface area contributed by atoms with Crippen LogP contribution in [0.5, 0.6) is 0 Å². The molecule has 1 aromatic carbocycles. The predicted molar refractivity (Wildman–Crippen MR) is 68.6 cm³/mol. The van der Waals surface area contributed by atoms with Crippen LogP contribution >= 0.6 is 0 Å². The Balaban J connectivity index is 1.93. The topological polar surface area (TPSA) is 46.3 Å². The van der Waals surface area contributed by atoms with Gasteiger partial charge in [-0.3, -0.25) is 4.79 Å². The van der Waals surface area contributed by atoms with Gasteiger partial charge < -0.3 is 10.6 Å². The SMILES string of the molecule is CC(N)C(=O)N1CCC(c2ccccc2)CC1. The summed E-state index contributed by atoms with van der Waals surface area (Å²) >= 11 is 0. The number of carbonyl (C=O) groups excluding carboxylic acids is 1. The first-order chi connectivity index (χ1) is 8.18. The number of amides is 1. The summed E-state index contributed by atoms with van der Waals surface area (Å²) in [4.78, 5) is 13.6. The lowest BCUT2D eigenvalue weighted by Gasteiger charge is -2.33. The van der Waals surface area contributed by atoms with Crippen LogP contribution in [0.4, 0.5) is 0 Å². The Labute approximate surface area is 103 Å². The van der Waals surface area contributed by atoms with Crippen molar-refractivity contribution in [2.45, 2.75) is 31.7 Å². The van der Waals surface area contributed by atoms with Gasteiger partial charge in [-0.05, 0) is 31.2 Å². The molecule has 1 saturated heterocycles. The molecule has 1 heterocycles. The zero-order valence-corrected chi connectivity index (χ0v) is 10.3. The molecule has 0 aromatic heterocycles. The molecular weight excluding hydrogens is 212 g/mol. The van der Waals surface area contributed by atoms with E-state index in [0.717, 1.165) is 25.9 Å². The molecule has 0 aliphatic carbocycles. The Bertz CT molecular complexity index is 367. The Morgan fingerprint density at radius 2 is 1.88 bits per heavy atom. The van der Waals surface area contributed by atoms with Crippen molar-refractivity contribution in [1.29, 1.82) is 0 Å². The van der Waals surface area contributed by atoms with Crippen LogP contribution in [0.2, 0.25) is 0 Å². The van der Waals surface area contributed by atoms with Crippen LogP contribution in [0.3, 0.4) is 0 Å². The molecule has 2 rings (SSSR count). The summed E-state index contributed by atoms with van der Waals surface area (Å²) < 4.78 is 0. The zero-order chi connectivity index (χ0) is 12.3. The molecule has 2 N–H and O–H groups in total. The molecule has 1 unspecified atom stereocenters. The fourth-order valence-corrected chi connectivity index (χ4v) is 2.45. The normalized spacial score (nSPS) is 19.1. The van der Waals surface area contributed by atoms with E-state index in [1.807, 2.05) is 11.0 Å². The van der Waals surface area contributed by atoms with Crippen LogP contribution in [0.1, 0.15) is 31.2 Å². The third-order valence-corrected chi connectivity index (χ3v) is 3.47. The molecule has 0 bridgehead atoms. The molecule has 3 nitrogen and oxygen atoms in total. The fraction of sp³-hybridized carbons (Fsp3) is 0.500. The highest BCUT2D eigenvalue weighted by Gasteiger charge is 2.24. The summed E-state index contributed by atoms with van der Waals surface area (Å²) in [7, 11) is 0. The largest absolute Gasteiger partial charge is 0.341 e. The van der Waals surface area contributed by atoms with E-state index < -0.39 is 0 Å². The number of benzene rings is 1. The van der Waals surface area contributed by atoms with Gasteiger partial charge in [0.25, 0.3) is 0 Å². The second-order valence-corrected chi connectivity index (χ2v) is 4.80. The number of piperidine rings is 1. The van der Waals surface area contributed by atoms with Crippen molar-refractivity contribution < 1.29 is 4.79 Å². The molecule has 0 saturated carbocycles. The van der Waals surface area contributed by atoms with E-state index >= 15 is 0 Å². The van der Waals surface area contributed by atoms with Gasteiger partial charge in [0, 0.05) is 13.1 Å². The van der Waals surface area contributed by atoms with Crippen LogP contribution in [0.15, 0.2) is 30.3 Å². The van der Waals surface area contributed by atoms with E-state index in [0.29, 0.717) is 5.92 Å². The maximum absolute atomic E-state index is 11.7. The lowest BCUT2D eigenvalue weighted by atomic mass is 9.89. The van der Waals surface area contributed by atoms with Crippen LogP contribution in [-0.4, -0.2) is 29.9 Å². The Kier molecular flexibility index (Phi) is 3.79. The van der Waals surface area contributed by atoms with Crippen LogP contribution in [0.25, 0.3) is 0 Å².